The Hall–Kier alpha value is -0.990. The van der Waals surface area contributed by atoms with Crippen molar-refractivity contribution in [1.29, 1.82) is 0 Å². The van der Waals surface area contributed by atoms with E-state index in [1.165, 1.54) is 4.31 Å². The van der Waals surface area contributed by atoms with Crippen LogP contribution in [0.2, 0.25) is 0 Å². The molecule has 1 aromatic rings. The summed E-state index contributed by atoms with van der Waals surface area (Å²) in [5.41, 5.74) is 0. The van der Waals surface area contributed by atoms with Gasteiger partial charge < -0.3 is 0 Å². The summed E-state index contributed by atoms with van der Waals surface area (Å²) in [6.45, 7) is 5.70. The SMILES string of the molecule is CC(C)C(C)N(C1CC1)S(=O)(=O)c1ccc(F)c(S(C)(=O)=O)c1. The number of hydrogen-bond donors (Lipinski definition) is 0. The lowest BCUT2D eigenvalue weighted by Gasteiger charge is -2.31. The highest BCUT2D eigenvalue weighted by molar-refractivity contribution is 7.91. The zero-order valence-corrected chi connectivity index (χ0v) is 15.3. The van der Waals surface area contributed by atoms with Crippen LogP contribution in [0.25, 0.3) is 0 Å². The van der Waals surface area contributed by atoms with Crippen molar-refractivity contribution in [3.05, 3.63) is 24.0 Å². The Morgan fingerprint density at radius 1 is 1.13 bits per heavy atom. The molecule has 0 amide bonds. The molecule has 0 heterocycles. The Labute approximate surface area is 137 Å². The Balaban J connectivity index is 2.54. The predicted molar refractivity (Wildman–Crippen MR) is 85.9 cm³/mol. The van der Waals surface area contributed by atoms with Crippen molar-refractivity contribution in [1.82, 2.24) is 4.31 Å². The van der Waals surface area contributed by atoms with Gasteiger partial charge in [-0.2, -0.15) is 4.31 Å². The van der Waals surface area contributed by atoms with Gasteiger partial charge in [-0.1, -0.05) is 13.8 Å². The highest BCUT2D eigenvalue weighted by Crippen LogP contribution is 2.36. The van der Waals surface area contributed by atoms with Crippen LogP contribution in [-0.4, -0.2) is 39.5 Å². The summed E-state index contributed by atoms with van der Waals surface area (Å²) >= 11 is 0. The van der Waals surface area contributed by atoms with Crippen molar-refractivity contribution >= 4 is 19.9 Å². The molecule has 1 atom stereocenters. The first-order valence-corrected chi connectivity index (χ1v) is 10.8. The lowest BCUT2D eigenvalue weighted by atomic mass is 10.1. The molecule has 8 heteroatoms. The summed E-state index contributed by atoms with van der Waals surface area (Å²) in [6.07, 6.45) is 2.43. The summed E-state index contributed by atoms with van der Waals surface area (Å²) in [6, 6.07) is 2.65. The summed E-state index contributed by atoms with van der Waals surface area (Å²) < 4.78 is 64.4. The second-order valence-electron chi connectivity index (χ2n) is 6.42. The molecule has 2 rings (SSSR count). The summed E-state index contributed by atoms with van der Waals surface area (Å²) in [7, 11) is -7.72. The van der Waals surface area contributed by atoms with Crippen LogP contribution in [0.1, 0.15) is 33.6 Å². The molecule has 0 N–H and O–H groups in total. The molecule has 1 saturated carbocycles. The Morgan fingerprint density at radius 3 is 2.13 bits per heavy atom. The van der Waals surface area contributed by atoms with Crippen LogP contribution in [0.3, 0.4) is 0 Å². The maximum absolute atomic E-state index is 13.7. The van der Waals surface area contributed by atoms with E-state index in [2.05, 4.69) is 0 Å². The molecule has 1 fully saturated rings. The fourth-order valence-corrected chi connectivity index (χ4v) is 5.29. The summed E-state index contributed by atoms with van der Waals surface area (Å²) in [5.74, 6) is -0.832. The smallest absolute Gasteiger partial charge is 0.224 e. The molecule has 1 unspecified atom stereocenters. The van der Waals surface area contributed by atoms with Crippen molar-refractivity contribution in [2.75, 3.05) is 6.26 Å². The van der Waals surface area contributed by atoms with Crippen LogP contribution in [0.5, 0.6) is 0 Å². The molecule has 130 valence electrons. The van der Waals surface area contributed by atoms with Gasteiger partial charge in [0.25, 0.3) is 0 Å². The number of rotatable bonds is 6. The van der Waals surface area contributed by atoms with Crippen molar-refractivity contribution in [3.8, 4) is 0 Å². The Kier molecular flexibility index (Phi) is 4.90. The number of sulfone groups is 1. The fourth-order valence-electron chi connectivity index (χ4n) is 2.42. The molecule has 0 aliphatic heterocycles. The van der Waals surface area contributed by atoms with E-state index in [1.54, 1.807) is 0 Å². The average Bonchev–Trinajstić information content (AvgIpc) is 3.21. The number of sulfonamides is 1. The molecule has 0 spiro atoms. The van der Waals surface area contributed by atoms with Crippen molar-refractivity contribution in [2.45, 2.75) is 55.5 Å². The number of nitrogens with zero attached hydrogens (tertiary/aromatic N) is 1. The third kappa shape index (κ3) is 3.75. The van der Waals surface area contributed by atoms with Gasteiger partial charge in [-0.05, 0) is 43.9 Å². The van der Waals surface area contributed by atoms with Crippen LogP contribution in [0, 0.1) is 11.7 Å². The Bertz CT molecular complexity index is 799. The van der Waals surface area contributed by atoms with E-state index >= 15 is 0 Å². The van der Waals surface area contributed by atoms with Gasteiger partial charge in [-0.25, -0.2) is 21.2 Å². The minimum Gasteiger partial charge on any atom is -0.224 e. The normalized spacial score (nSPS) is 17.7. The van der Waals surface area contributed by atoms with Gasteiger partial charge in [0.2, 0.25) is 10.0 Å². The topological polar surface area (TPSA) is 71.5 Å². The van der Waals surface area contributed by atoms with Gasteiger partial charge in [0.1, 0.15) is 10.7 Å². The third-order valence-corrected chi connectivity index (χ3v) is 7.30. The molecule has 1 aliphatic rings. The number of halogens is 1. The molecule has 0 bridgehead atoms. The van der Waals surface area contributed by atoms with E-state index in [4.69, 9.17) is 0 Å². The molecule has 5 nitrogen and oxygen atoms in total. The fraction of sp³-hybridized carbons (Fsp3) is 0.600. The molecule has 1 aromatic carbocycles. The first-order valence-electron chi connectivity index (χ1n) is 7.49. The highest BCUT2D eigenvalue weighted by atomic mass is 32.2. The number of hydrogen-bond acceptors (Lipinski definition) is 4. The van der Waals surface area contributed by atoms with Crippen LogP contribution in [-0.2, 0) is 19.9 Å². The van der Waals surface area contributed by atoms with Crippen molar-refractivity contribution < 1.29 is 21.2 Å². The minimum absolute atomic E-state index is 0.0656. The van der Waals surface area contributed by atoms with E-state index in [0.717, 1.165) is 37.3 Å². The lowest BCUT2D eigenvalue weighted by Crippen LogP contribution is -2.43. The quantitative estimate of drug-likeness (QED) is 0.778. The molecule has 0 aromatic heterocycles. The molecular formula is C15H22FNO4S2. The van der Waals surface area contributed by atoms with E-state index in [-0.39, 0.29) is 22.9 Å². The van der Waals surface area contributed by atoms with Gasteiger partial charge in [0, 0.05) is 18.3 Å². The van der Waals surface area contributed by atoms with Gasteiger partial charge in [-0.3, -0.25) is 0 Å². The summed E-state index contributed by atoms with van der Waals surface area (Å²) in [5, 5.41) is 0. The van der Waals surface area contributed by atoms with Gasteiger partial charge in [0.05, 0.1) is 4.90 Å². The average molecular weight is 363 g/mol. The van der Waals surface area contributed by atoms with E-state index < -0.39 is 30.6 Å². The van der Waals surface area contributed by atoms with Crippen LogP contribution in [0.4, 0.5) is 4.39 Å². The maximum Gasteiger partial charge on any atom is 0.243 e. The third-order valence-electron chi connectivity index (χ3n) is 4.15. The number of benzene rings is 1. The molecule has 0 radical (unpaired) electrons. The largest absolute Gasteiger partial charge is 0.243 e. The van der Waals surface area contributed by atoms with Gasteiger partial charge in [-0.15, -0.1) is 0 Å². The second kappa shape index (κ2) is 6.14. The van der Waals surface area contributed by atoms with Crippen molar-refractivity contribution in [3.63, 3.8) is 0 Å². The maximum atomic E-state index is 13.7. The van der Waals surface area contributed by atoms with Crippen LogP contribution < -0.4 is 0 Å². The summed E-state index contributed by atoms with van der Waals surface area (Å²) in [4.78, 5) is -0.773. The van der Waals surface area contributed by atoms with E-state index in [1.807, 2.05) is 20.8 Å². The highest BCUT2D eigenvalue weighted by Gasteiger charge is 2.42. The zero-order valence-electron chi connectivity index (χ0n) is 13.7. The molecule has 23 heavy (non-hydrogen) atoms. The first-order chi connectivity index (χ1) is 10.5. The van der Waals surface area contributed by atoms with Crippen LogP contribution >= 0.6 is 0 Å². The Morgan fingerprint density at radius 2 is 1.70 bits per heavy atom. The standard InChI is InChI=1S/C15H22FNO4S2/c1-10(2)11(3)17(12-5-6-12)23(20,21)13-7-8-14(16)15(9-13)22(4,18)19/h7-12H,5-6H2,1-4H3. The predicted octanol–water partition coefficient (Wildman–Crippen LogP) is 2.43. The minimum atomic E-state index is -3.88. The van der Waals surface area contributed by atoms with Gasteiger partial charge >= 0.3 is 0 Å². The van der Waals surface area contributed by atoms with Crippen molar-refractivity contribution in [2.24, 2.45) is 5.92 Å². The molecular weight excluding hydrogens is 341 g/mol. The lowest BCUT2D eigenvalue weighted by molar-refractivity contribution is 0.269. The second-order valence-corrected chi connectivity index (χ2v) is 10.2. The van der Waals surface area contributed by atoms with Gasteiger partial charge in [0.15, 0.2) is 9.84 Å². The van der Waals surface area contributed by atoms with E-state index in [9.17, 15) is 21.2 Å². The van der Waals surface area contributed by atoms with E-state index in [0.29, 0.717) is 0 Å². The van der Waals surface area contributed by atoms with Crippen LogP contribution in [0.15, 0.2) is 28.0 Å². The molecule has 1 aliphatic carbocycles. The zero-order chi connectivity index (χ0) is 17.6. The molecule has 0 saturated heterocycles. The first kappa shape index (κ1) is 18.4. The monoisotopic (exact) mass is 363 g/mol.